The van der Waals surface area contributed by atoms with Crippen LogP contribution in [0, 0.1) is 0 Å². The van der Waals surface area contributed by atoms with Gasteiger partial charge in [0.25, 0.3) is 0 Å². The molecular formula is C13H18N4O2. The molecule has 2 rings (SSSR count). The van der Waals surface area contributed by atoms with E-state index in [-0.39, 0.29) is 12.5 Å². The number of benzene rings is 1. The van der Waals surface area contributed by atoms with Crippen molar-refractivity contribution in [3.05, 3.63) is 29.8 Å². The first-order valence-corrected chi connectivity index (χ1v) is 6.26. The van der Waals surface area contributed by atoms with Crippen LogP contribution in [-0.4, -0.2) is 38.6 Å². The summed E-state index contributed by atoms with van der Waals surface area (Å²) in [7, 11) is 1.48. The van der Waals surface area contributed by atoms with E-state index in [1.54, 1.807) is 0 Å². The van der Waals surface area contributed by atoms with Gasteiger partial charge in [0.05, 0.1) is 6.54 Å². The number of imide groups is 1. The van der Waals surface area contributed by atoms with Crippen molar-refractivity contribution in [2.24, 2.45) is 0 Å². The highest BCUT2D eigenvalue weighted by Crippen LogP contribution is 2.21. The number of fused-ring (bicyclic) bond motifs is 1. The highest BCUT2D eigenvalue weighted by atomic mass is 16.2. The number of nitrogens with one attached hydrogen (secondary N) is 3. The van der Waals surface area contributed by atoms with E-state index >= 15 is 0 Å². The fourth-order valence-corrected chi connectivity index (χ4v) is 2.09. The molecule has 0 radical (unpaired) electrons. The zero-order chi connectivity index (χ0) is 13.7. The third kappa shape index (κ3) is 3.45. The Kier molecular flexibility index (Phi) is 4.35. The molecule has 1 aliphatic rings. The average Bonchev–Trinajstić information content (AvgIpc) is 2.61. The SMILES string of the molecule is CNC(=O)NC(=O)CN1CCNCc2ccccc21. The molecule has 0 saturated heterocycles. The van der Waals surface area contributed by atoms with Gasteiger partial charge < -0.3 is 15.5 Å². The van der Waals surface area contributed by atoms with Crippen LogP contribution >= 0.6 is 0 Å². The Morgan fingerprint density at radius 2 is 2.16 bits per heavy atom. The maximum absolute atomic E-state index is 11.8. The number of urea groups is 1. The van der Waals surface area contributed by atoms with Gasteiger partial charge in [-0.1, -0.05) is 18.2 Å². The number of amides is 3. The summed E-state index contributed by atoms with van der Waals surface area (Å²) in [6, 6.07) is 7.49. The van der Waals surface area contributed by atoms with Gasteiger partial charge in [-0.2, -0.15) is 0 Å². The number of rotatable bonds is 2. The Labute approximate surface area is 112 Å². The largest absolute Gasteiger partial charge is 0.361 e. The van der Waals surface area contributed by atoms with Crippen molar-refractivity contribution in [1.82, 2.24) is 16.0 Å². The van der Waals surface area contributed by atoms with Gasteiger partial charge in [-0.3, -0.25) is 10.1 Å². The minimum Gasteiger partial charge on any atom is -0.361 e. The van der Waals surface area contributed by atoms with Crippen LogP contribution in [-0.2, 0) is 11.3 Å². The number of anilines is 1. The number of nitrogens with zero attached hydrogens (tertiary/aromatic N) is 1. The van der Waals surface area contributed by atoms with Crippen LogP contribution in [0.2, 0.25) is 0 Å². The van der Waals surface area contributed by atoms with Crippen LogP contribution < -0.4 is 20.9 Å². The molecule has 0 unspecified atom stereocenters. The zero-order valence-electron chi connectivity index (χ0n) is 10.9. The minimum atomic E-state index is -0.480. The van der Waals surface area contributed by atoms with Crippen LogP contribution in [0.15, 0.2) is 24.3 Å². The van der Waals surface area contributed by atoms with Crippen LogP contribution in [0.25, 0.3) is 0 Å². The summed E-state index contributed by atoms with van der Waals surface area (Å²) >= 11 is 0. The Morgan fingerprint density at radius 1 is 1.37 bits per heavy atom. The predicted molar refractivity (Wildman–Crippen MR) is 73.0 cm³/mol. The molecular weight excluding hydrogens is 244 g/mol. The minimum absolute atomic E-state index is 0.173. The molecule has 1 aromatic carbocycles. The fraction of sp³-hybridized carbons (Fsp3) is 0.385. The molecule has 0 spiro atoms. The van der Waals surface area contributed by atoms with E-state index in [9.17, 15) is 9.59 Å². The fourth-order valence-electron chi connectivity index (χ4n) is 2.09. The lowest BCUT2D eigenvalue weighted by molar-refractivity contribution is -0.118. The summed E-state index contributed by atoms with van der Waals surface area (Å²) in [6.07, 6.45) is 0. The number of carbonyl (C=O) groups is 2. The molecule has 3 amide bonds. The van der Waals surface area contributed by atoms with Crippen molar-refractivity contribution in [2.45, 2.75) is 6.54 Å². The smallest absolute Gasteiger partial charge is 0.321 e. The topological polar surface area (TPSA) is 73.5 Å². The Hall–Kier alpha value is -2.08. The molecule has 0 bridgehead atoms. The molecule has 19 heavy (non-hydrogen) atoms. The lowest BCUT2D eigenvalue weighted by Crippen LogP contribution is -2.44. The molecule has 1 aliphatic heterocycles. The van der Waals surface area contributed by atoms with E-state index in [0.717, 1.165) is 30.9 Å². The average molecular weight is 262 g/mol. The first-order chi connectivity index (χ1) is 9.20. The lowest BCUT2D eigenvalue weighted by Gasteiger charge is -2.23. The molecule has 102 valence electrons. The van der Waals surface area contributed by atoms with Crippen molar-refractivity contribution in [3.8, 4) is 0 Å². The number of para-hydroxylation sites is 1. The Bertz CT molecular complexity index is 475. The highest BCUT2D eigenvalue weighted by Gasteiger charge is 2.17. The number of carbonyl (C=O) groups excluding carboxylic acids is 2. The maximum atomic E-state index is 11.8. The Balaban J connectivity index is 2.07. The van der Waals surface area contributed by atoms with Gasteiger partial charge in [0.15, 0.2) is 0 Å². The molecule has 1 heterocycles. The van der Waals surface area contributed by atoms with Gasteiger partial charge in [-0.05, 0) is 11.6 Å². The van der Waals surface area contributed by atoms with E-state index < -0.39 is 6.03 Å². The van der Waals surface area contributed by atoms with Gasteiger partial charge >= 0.3 is 6.03 Å². The summed E-state index contributed by atoms with van der Waals surface area (Å²) in [5, 5.41) is 7.95. The molecule has 6 nitrogen and oxygen atoms in total. The normalized spacial score (nSPS) is 14.3. The Morgan fingerprint density at radius 3 is 2.95 bits per heavy atom. The molecule has 0 aliphatic carbocycles. The number of hydrogen-bond donors (Lipinski definition) is 3. The van der Waals surface area contributed by atoms with Gasteiger partial charge in [-0.25, -0.2) is 4.79 Å². The van der Waals surface area contributed by atoms with E-state index in [2.05, 4.69) is 16.0 Å². The predicted octanol–water partition coefficient (Wildman–Crippen LogP) is 0.0518. The van der Waals surface area contributed by atoms with Crippen LogP contribution in [0.1, 0.15) is 5.56 Å². The molecule has 0 fully saturated rings. The third-order valence-corrected chi connectivity index (χ3v) is 3.02. The first-order valence-electron chi connectivity index (χ1n) is 6.26. The summed E-state index contributed by atoms with van der Waals surface area (Å²) in [4.78, 5) is 24.9. The third-order valence-electron chi connectivity index (χ3n) is 3.02. The molecule has 0 atom stereocenters. The zero-order valence-corrected chi connectivity index (χ0v) is 10.9. The van der Waals surface area contributed by atoms with E-state index in [0.29, 0.717) is 0 Å². The van der Waals surface area contributed by atoms with Gasteiger partial charge in [0.2, 0.25) is 5.91 Å². The van der Waals surface area contributed by atoms with Crippen molar-refractivity contribution in [2.75, 3.05) is 31.6 Å². The van der Waals surface area contributed by atoms with Gasteiger partial charge in [-0.15, -0.1) is 0 Å². The molecule has 0 saturated carbocycles. The van der Waals surface area contributed by atoms with Crippen molar-refractivity contribution in [3.63, 3.8) is 0 Å². The number of hydrogen-bond acceptors (Lipinski definition) is 4. The maximum Gasteiger partial charge on any atom is 0.321 e. The molecule has 6 heteroatoms. The second-order valence-corrected chi connectivity index (χ2v) is 4.35. The van der Waals surface area contributed by atoms with E-state index in [1.165, 1.54) is 7.05 Å². The summed E-state index contributed by atoms with van der Waals surface area (Å²) in [5.74, 6) is -0.309. The second kappa shape index (κ2) is 6.19. The van der Waals surface area contributed by atoms with Crippen LogP contribution in [0.5, 0.6) is 0 Å². The quantitative estimate of drug-likeness (QED) is 0.704. The van der Waals surface area contributed by atoms with E-state index in [1.807, 2.05) is 29.2 Å². The van der Waals surface area contributed by atoms with Crippen molar-refractivity contribution in [1.29, 1.82) is 0 Å². The van der Waals surface area contributed by atoms with Crippen molar-refractivity contribution >= 4 is 17.6 Å². The first kappa shape index (κ1) is 13.4. The van der Waals surface area contributed by atoms with Crippen molar-refractivity contribution < 1.29 is 9.59 Å². The standard InChI is InChI=1S/C13H18N4O2/c1-14-13(19)16-12(18)9-17-7-6-15-8-10-4-2-3-5-11(10)17/h2-5,15H,6-9H2,1H3,(H2,14,16,18,19). The highest BCUT2D eigenvalue weighted by molar-refractivity contribution is 5.96. The van der Waals surface area contributed by atoms with Gasteiger partial charge in [0.1, 0.15) is 0 Å². The summed E-state index contributed by atoms with van der Waals surface area (Å²) < 4.78 is 0. The summed E-state index contributed by atoms with van der Waals surface area (Å²) in [5.41, 5.74) is 2.20. The monoisotopic (exact) mass is 262 g/mol. The van der Waals surface area contributed by atoms with E-state index in [4.69, 9.17) is 0 Å². The molecule has 3 N–H and O–H groups in total. The summed E-state index contributed by atoms with van der Waals surface area (Å²) in [6.45, 7) is 2.51. The van der Waals surface area contributed by atoms with Crippen LogP contribution in [0.3, 0.4) is 0 Å². The lowest BCUT2D eigenvalue weighted by atomic mass is 10.1. The molecule has 0 aromatic heterocycles. The van der Waals surface area contributed by atoms with Gasteiger partial charge in [0, 0.05) is 32.4 Å². The molecule has 1 aromatic rings. The second-order valence-electron chi connectivity index (χ2n) is 4.35. The van der Waals surface area contributed by atoms with Crippen LogP contribution in [0.4, 0.5) is 10.5 Å².